The van der Waals surface area contributed by atoms with E-state index in [-0.39, 0.29) is 0 Å². The van der Waals surface area contributed by atoms with E-state index in [0.717, 1.165) is 61.6 Å². The molecule has 1 saturated heterocycles. The first-order valence-electron chi connectivity index (χ1n) is 14.3. The van der Waals surface area contributed by atoms with Crippen LogP contribution in [-0.4, -0.2) is 49.7 Å². The fourth-order valence-corrected chi connectivity index (χ4v) is 6.44. The molecule has 7 heteroatoms. The molecule has 1 aliphatic rings. The van der Waals surface area contributed by atoms with Crippen molar-refractivity contribution in [2.75, 3.05) is 19.6 Å². The Bertz CT molecular complexity index is 1850. The zero-order chi connectivity index (χ0) is 28.3. The predicted molar refractivity (Wildman–Crippen MR) is 173 cm³/mol. The molecule has 41 heavy (non-hydrogen) atoms. The summed E-state index contributed by atoms with van der Waals surface area (Å²) in [5.74, 6) is 0. The smallest absolute Gasteiger partial charge is 0.116 e. The molecule has 0 atom stereocenters. The zero-order valence-electron chi connectivity index (χ0n) is 23.8. The van der Waals surface area contributed by atoms with Gasteiger partial charge < -0.3 is 9.88 Å². The van der Waals surface area contributed by atoms with Crippen molar-refractivity contribution in [1.29, 1.82) is 0 Å². The van der Waals surface area contributed by atoms with Gasteiger partial charge in [0.15, 0.2) is 0 Å². The average Bonchev–Trinajstić information content (AvgIpc) is 3.79. The van der Waals surface area contributed by atoms with E-state index in [1.807, 2.05) is 31.7 Å². The van der Waals surface area contributed by atoms with E-state index in [1.54, 1.807) is 11.3 Å². The van der Waals surface area contributed by atoms with Gasteiger partial charge in [-0.2, -0.15) is 5.10 Å². The summed E-state index contributed by atoms with van der Waals surface area (Å²) in [5, 5.41) is 10.6. The highest BCUT2D eigenvalue weighted by atomic mass is 32.1. The van der Waals surface area contributed by atoms with Crippen molar-refractivity contribution >= 4 is 46.0 Å². The third-order valence-corrected chi connectivity index (χ3v) is 9.16. The van der Waals surface area contributed by atoms with Crippen molar-refractivity contribution < 1.29 is 0 Å². The maximum atomic E-state index is 4.62. The lowest BCUT2D eigenvalue weighted by atomic mass is 10.0. The summed E-state index contributed by atoms with van der Waals surface area (Å²) in [6.45, 7) is 16.3. The number of likely N-dealkylation sites (tertiary alicyclic amines) is 1. The van der Waals surface area contributed by atoms with Crippen molar-refractivity contribution in [3.8, 4) is 21.8 Å². The Kier molecular flexibility index (Phi) is 7.81. The number of thiophene rings is 1. The molecule has 0 saturated carbocycles. The lowest BCUT2D eigenvalue weighted by Gasteiger charge is -2.14. The number of allylic oxidation sites excluding steroid dienone is 3. The predicted octanol–water partition coefficient (Wildman–Crippen LogP) is 6.43. The van der Waals surface area contributed by atoms with Crippen molar-refractivity contribution in [2.45, 2.75) is 39.5 Å². The average molecular weight is 561 g/mol. The molecular weight excluding hydrogens is 524 g/mol. The summed E-state index contributed by atoms with van der Waals surface area (Å²) in [6.07, 6.45) is 16.8. The molecule has 6 rings (SSSR count). The first kappa shape index (κ1) is 27.1. The number of nitrogens with one attached hydrogen (secondary N) is 2. The van der Waals surface area contributed by atoms with Gasteiger partial charge in [0.1, 0.15) is 5.69 Å². The fourth-order valence-electron chi connectivity index (χ4n) is 5.48. The molecule has 6 nitrogen and oxygen atoms in total. The molecule has 208 valence electrons. The standard InChI is InChI=1S/C34H36N6S/c1-22(2)32-11-12-33(41-32)28-20-36-21-31-27(28)17-30(37-31)34-24(4)29(38-39-34)10-9-23(3)26-16-25(18-35-19-26)8-7-15-40-13-5-6-14-40/h9-12,16-21,37-38H,1,4-8,13-15H2,2-3H3/b23-9+,29-10+. The molecule has 0 radical (unpaired) electrons. The quantitative estimate of drug-likeness (QED) is 0.218. The van der Waals surface area contributed by atoms with Crippen LogP contribution in [-0.2, 0) is 6.42 Å². The lowest BCUT2D eigenvalue weighted by Crippen LogP contribution is -2.21. The van der Waals surface area contributed by atoms with Gasteiger partial charge in [0.25, 0.3) is 0 Å². The van der Waals surface area contributed by atoms with Gasteiger partial charge in [-0.3, -0.25) is 15.1 Å². The lowest BCUT2D eigenvalue weighted by molar-refractivity contribution is 0.334. The molecule has 0 aromatic carbocycles. The number of pyridine rings is 2. The van der Waals surface area contributed by atoms with Gasteiger partial charge in [-0.25, -0.2) is 0 Å². The Hall–Kier alpha value is -4.07. The number of aromatic amines is 2. The van der Waals surface area contributed by atoms with Crippen LogP contribution < -0.4 is 10.6 Å². The van der Waals surface area contributed by atoms with Gasteiger partial charge >= 0.3 is 0 Å². The summed E-state index contributed by atoms with van der Waals surface area (Å²) in [7, 11) is 0. The second-order valence-electron chi connectivity index (χ2n) is 11.0. The van der Waals surface area contributed by atoms with E-state index in [0.29, 0.717) is 0 Å². The summed E-state index contributed by atoms with van der Waals surface area (Å²) in [5.41, 5.74) is 8.45. The van der Waals surface area contributed by atoms with E-state index in [2.05, 4.69) is 86.5 Å². The number of aryl methyl sites for hydroxylation is 1. The highest BCUT2D eigenvalue weighted by Gasteiger charge is 2.14. The van der Waals surface area contributed by atoms with Crippen LogP contribution in [0.5, 0.6) is 0 Å². The van der Waals surface area contributed by atoms with Gasteiger partial charge in [0.2, 0.25) is 0 Å². The summed E-state index contributed by atoms with van der Waals surface area (Å²) < 4.78 is 0. The molecule has 0 amide bonds. The summed E-state index contributed by atoms with van der Waals surface area (Å²) >= 11 is 1.73. The van der Waals surface area contributed by atoms with Crippen LogP contribution in [0.3, 0.4) is 0 Å². The van der Waals surface area contributed by atoms with Gasteiger partial charge in [-0.05, 0) is 112 Å². The van der Waals surface area contributed by atoms with E-state index < -0.39 is 0 Å². The van der Waals surface area contributed by atoms with E-state index in [9.17, 15) is 0 Å². The van der Waals surface area contributed by atoms with Crippen LogP contribution in [0, 0.1) is 0 Å². The Morgan fingerprint density at radius 3 is 2.71 bits per heavy atom. The van der Waals surface area contributed by atoms with E-state index >= 15 is 0 Å². The molecule has 0 aliphatic carbocycles. The molecule has 1 fully saturated rings. The Morgan fingerprint density at radius 2 is 1.90 bits per heavy atom. The largest absolute Gasteiger partial charge is 0.352 e. The van der Waals surface area contributed by atoms with Gasteiger partial charge in [0, 0.05) is 44.5 Å². The number of aromatic nitrogens is 5. The molecule has 0 spiro atoms. The third kappa shape index (κ3) is 5.87. The molecule has 0 unspecified atom stereocenters. The van der Waals surface area contributed by atoms with Crippen LogP contribution in [0.15, 0.2) is 61.7 Å². The van der Waals surface area contributed by atoms with Crippen LogP contribution in [0.1, 0.15) is 49.1 Å². The maximum Gasteiger partial charge on any atom is 0.116 e. The Balaban J connectivity index is 1.22. The minimum atomic E-state index is 0.805. The van der Waals surface area contributed by atoms with Gasteiger partial charge in [0.05, 0.1) is 22.8 Å². The minimum absolute atomic E-state index is 0.805. The molecule has 2 N–H and O–H groups in total. The number of H-pyrrole nitrogens is 2. The maximum absolute atomic E-state index is 4.62. The topological polar surface area (TPSA) is 73.5 Å². The van der Waals surface area contributed by atoms with Crippen molar-refractivity contribution in [3.63, 3.8) is 0 Å². The zero-order valence-corrected chi connectivity index (χ0v) is 24.7. The minimum Gasteiger partial charge on any atom is -0.352 e. The second-order valence-corrected chi connectivity index (χ2v) is 12.1. The van der Waals surface area contributed by atoms with Crippen LogP contribution in [0.25, 0.3) is 56.5 Å². The summed E-state index contributed by atoms with van der Waals surface area (Å²) in [6, 6.07) is 8.67. The molecule has 0 bridgehead atoms. The van der Waals surface area contributed by atoms with Crippen LogP contribution >= 0.6 is 11.3 Å². The molecule has 5 aromatic rings. The third-order valence-electron chi connectivity index (χ3n) is 7.88. The molecule has 5 aromatic heterocycles. The first-order chi connectivity index (χ1) is 20.0. The molecular formula is C34H36N6S. The highest BCUT2D eigenvalue weighted by Crippen LogP contribution is 2.36. The number of hydrogen-bond donors (Lipinski definition) is 2. The highest BCUT2D eigenvalue weighted by molar-refractivity contribution is 7.16. The monoisotopic (exact) mass is 560 g/mol. The Labute approximate surface area is 244 Å². The summed E-state index contributed by atoms with van der Waals surface area (Å²) in [4.78, 5) is 17.4. The van der Waals surface area contributed by atoms with Crippen LogP contribution in [0.2, 0.25) is 0 Å². The van der Waals surface area contributed by atoms with Crippen molar-refractivity contribution in [1.82, 2.24) is 30.0 Å². The number of hydrogen-bond acceptors (Lipinski definition) is 5. The number of rotatable bonds is 9. The van der Waals surface area contributed by atoms with Gasteiger partial charge in [-0.15, -0.1) is 11.3 Å². The molecule has 6 heterocycles. The van der Waals surface area contributed by atoms with E-state index in [1.165, 1.54) is 54.2 Å². The normalized spacial score (nSPS) is 14.9. The second kappa shape index (κ2) is 11.8. The number of fused-ring (bicyclic) bond motifs is 1. The van der Waals surface area contributed by atoms with Crippen molar-refractivity contribution in [2.24, 2.45) is 0 Å². The first-order valence-corrected chi connectivity index (χ1v) is 15.1. The fraction of sp³-hybridized carbons (Fsp3) is 0.265. The van der Waals surface area contributed by atoms with E-state index in [4.69, 9.17) is 0 Å². The van der Waals surface area contributed by atoms with Crippen LogP contribution in [0.4, 0.5) is 0 Å². The molecule has 1 aliphatic heterocycles. The van der Waals surface area contributed by atoms with Gasteiger partial charge in [-0.1, -0.05) is 19.2 Å². The number of nitrogens with zero attached hydrogens (tertiary/aromatic N) is 4. The Morgan fingerprint density at radius 1 is 1.07 bits per heavy atom. The SMILES string of the molecule is C=C(C)c1ccc(-c2cncc3[nH]c(-c4n[nH]/c(=C/C=C(\C)c5cncc(CCCN6CCCC6)c5)c4=C)cc23)s1. The van der Waals surface area contributed by atoms with Crippen molar-refractivity contribution in [3.05, 3.63) is 88.3 Å².